The second-order valence-corrected chi connectivity index (χ2v) is 6.85. The van der Waals surface area contributed by atoms with Crippen LogP contribution in [0.1, 0.15) is 26.7 Å². The van der Waals surface area contributed by atoms with E-state index >= 15 is 0 Å². The molecule has 1 aliphatic rings. The van der Waals surface area contributed by atoms with Crippen LogP contribution < -0.4 is 0 Å². The Kier molecular flexibility index (Phi) is 2.27. The van der Waals surface area contributed by atoms with Gasteiger partial charge in [-0.15, -0.1) is 0 Å². The molecular formula is C7H12Br2. The van der Waals surface area contributed by atoms with Crippen LogP contribution in [0.3, 0.4) is 0 Å². The minimum absolute atomic E-state index is 0.315. The Labute approximate surface area is 73.7 Å². The largest absolute Gasteiger partial charge is 0.0840 e. The van der Waals surface area contributed by atoms with E-state index in [4.69, 9.17) is 0 Å². The summed E-state index contributed by atoms with van der Waals surface area (Å²) in [5.41, 5.74) is 0. The summed E-state index contributed by atoms with van der Waals surface area (Å²) in [7, 11) is 0. The smallest absolute Gasteiger partial charge is 0.0724 e. The monoisotopic (exact) mass is 254 g/mol. The van der Waals surface area contributed by atoms with Gasteiger partial charge in [-0.25, -0.2) is 0 Å². The van der Waals surface area contributed by atoms with Crippen molar-refractivity contribution in [2.75, 3.05) is 0 Å². The molecule has 0 heterocycles. The van der Waals surface area contributed by atoms with Gasteiger partial charge in [-0.2, -0.15) is 0 Å². The van der Waals surface area contributed by atoms with E-state index in [1.54, 1.807) is 0 Å². The maximum Gasteiger partial charge on any atom is 0.0840 e. The first-order valence-electron chi connectivity index (χ1n) is 3.45. The molecule has 0 bridgehead atoms. The normalized spacial score (nSPS) is 34.0. The Hall–Kier alpha value is 0.960. The summed E-state index contributed by atoms with van der Waals surface area (Å²) in [4.78, 5) is 0. The van der Waals surface area contributed by atoms with E-state index in [-0.39, 0.29) is 0 Å². The van der Waals surface area contributed by atoms with Crippen LogP contribution in [0.5, 0.6) is 0 Å². The molecule has 0 nitrogen and oxygen atoms in total. The van der Waals surface area contributed by atoms with Crippen LogP contribution in [0.25, 0.3) is 0 Å². The molecule has 0 aromatic carbocycles. The maximum atomic E-state index is 3.61. The zero-order valence-corrected chi connectivity index (χ0v) is 9.00. The van der Waals surface area contributed by atoms with E-state index in [1.165, 1.54) is 12.8 Å². The summed E-state index contributed by atoms with van der Waals surface area (Å²) in [5, 5.41) is 0. The summed E-state index contributed by atoms with van der Waals surface area (Å²) >= 11 is 7.22. The van der Waals surface area contributed by atoms with Gasteiger partial charge < -0.3 is 0 Å². The quantitative estimate of drug-likeness (QED) is 0.663. The Morgan fingerprint density at radius 2 is 2.11 bits per heavy atom. The van der Waals surface area contributed by atoms with Gasteiger partial charge in [0.15, 0.2) is 0 Å². The second kappa shape index (κ2) is 2.54. The first-order chi connectivity index (χ1) is 4.08. The summed E-state index contributed by atoms with van der Waals surface area (Å²) in [6, 6.07) is 0. The summed E-state index contributed by atoms with van der Waals surface area (Å²) < 4.78 is 0.315. The molecule has 1 rings (SSSR count). The third-order valence-electron chi connectivity index (χ3n) is 2.21. The van der Waals surface area contributed by atoms with Gasteiger partial charge in [-0.1, -0.05) is 52.1 Å². The van der Waals surface area contributed by atoms with E-state index in [0.29, 0.717) is 3.23 Å². The van der Waals surface area contributed by atoms with Gasteiger partial charge in [0.05, 0.1) is 3.23 Å². The van der Waals surface area contributed by atoms with Crippen LogP contribution >= 0.6 is 31.9 Å². The molecule has 2 heteroatoms. The van der Waals surface area contributed by atoms with Crippen LogP contribution in [0.15, 0.2) is 0 Å². The second-order valence-electron chi connectivity index (χ2n) is 2.96. The molecule has 1 fully saturated rings. The molecular weight excluding hydrogens is 244 g/mol. The molecule has 0 amide bonds. The molecule has 1 saturated carbocycles. The Morgan fingerprint density at radius 1 is 1.67 bits per heavy atom. The van der Waals surface area contributed by atoms with Gasteiger partial charge in [0, 0.05) is 0 Å². The Bertz CT molecular complexity index is 109. The van der Waals surface area contributed by atoms with Gasteiger partial charge >= 0.3 is 0 Å². The lowest BCUT2D eigenvalue weighted by Crippen LogP contribution is -2.00. The number of rotatable bonds is 2. The van der Waals surface area contributed by atoms with Gasteiger partial charge in [-0.05, 0) is 18.3 Å². The SMILES string of the molecule is CC[C@H](C)[C@H]1CC1(Br)Br. The summed E-state index contributed by atoms with van der Waals surface area (Å²) in [6.07, 6.45) is 2.59. The lowest BCUT2D eigenvalue weighted by atomic mass is 10.0. The standard InChI is InChI=1S/C7H12Br2/c1-3-5(2)6-4-7(6,8)9/h5-6H,3-4H2,1-2H3/t5-,6+/m0/s1. The fraction of sp³-hybridized carbons (Fsp3) is 1.00. The highest BCUT2D eigenvalue weighted by Crippen LogP contribution is 2.60. The van der Waals surface area contributed by atoms with Crippen molar-refractivity contribution in [3.05, 3.63) is 0 Å². The Balaban J connectivity index is 2.33. The molecule has 2 atom stereocenters. The van der Waals surface area contributed by atoms with Crippen molar-refractivity contribution in [2.24, 2.45) is 11.8 Å². The lowest BCUT2D eigenvalue weighted by Gasteiger charge is -2.06. The van der Waals surface area contributed by atoms with Gasteiger partial charge in [-0.3, -0.25) is 0 Å². The predicted octanol–water partition coefficient (Wildman–Crippen LogP) is 3.54. The average molecular weight is 256 g/mol. The van der Waals surface area contributed by atoms with Crippen molar-refractivity contribution in [1.82, 2.24) is 0 Å². The fourth-order valence-corrected chi connectivity index (χ4v) is 2.74. The van der Waals surface area contributed by atoms with E-state index < -0.39 is 0 Å². The number of hydrogen-bond acceptors (Lipinski definition) is 0. The molecule has 0 spiro atoms. The van der Waals surface area contributed by atoms with Crippen LogP contribution in [0.4, 0.5) is 0 Å². The highest BCUT2D eigenvalue weighted by Gasteiger charge is 2.52. The topological polar surface area (TPSA) is 0 Å². The number of alkyl halides is 2. The van der Waals surface area contributed by atoms with E-state index in [9.17, 15) is 0 Å². The van der Waals surface area contributed by atoms with Crippen molar-refractivity contribution < 1.29 is 0 Å². The maximum absolute atomic E-state index is 3.61. The van der Waals surface area contributed by atoms with Crippen molar-refractivity contribution in [3.8, 4) is 0 Å². The molecule has 0 aromatic rings. The minimum atomic E-state index is 0.315. The third kappa shape index (κ3) is 1.70. The average Bonchev–Trinajstić information content (AvgIpc) is 2.38. The molecule has 0 radical (unpaired) electrons. The summed E-state index contributed by atoms with van der Waals surface area (Å²) in [6.45, 7) is 4.56. The van der Waals surface area contributed by atoms with E-state index in [0.717, 1.165) is 11.8 Å². The molecule has 1 aliphatic carbocycles. The van der Waals surface area contributed by atoms with E-state index in [1.807, 2.05) is 0 Å². The first-order valence-corrected chi connectivity index (χ1v) is 5.04. The molecule has 0 unspecified atom stereocenters. The number of hydrogen-bond donors (Lipinski definition) is 0. The van der Waals surface area contributed by atoms with Crippen molar-refractivity contribution in [3.63, 3.8) is 0 Å². The molecule has 0 N–H and O–H groups in total. The molecule has 54 valence electrons. The molecule has 0 aliphatic heterocycles. The lowest BCUT2D eigenvalue weighted by molar-refractivity contribution is 0.493. The number of halogens is 2. The van der Waals surface area contributed by atoms with Gasteiger partial charge in [0.25, 0.3) is 0 Å². The van der Waals surface area contributed by atoms with Gasteiger partial charge in [0.1, 0.15) is 0 Å². The van der Waals surface area contributed by atoms with Crippen molar-refractivity contribution >= 4 is 31.9 Å². The first kappa shape index (κ1) is 8.06. The molecule has 0 aromatic heterocycles. The highest BCUT2D eigenvalue weighted by molar-refractivity contribution is 9.25. The predicted molar refractivity (Wildman–Crippen MR) is 48.1 cm³/mol. The van der Waals surface area contributed by atoms with Crippen molar-refractivity contribution in [2.45, 2.75) is 29.9 Å². The van der Waals surface area contributed by atoms with Crippen LogP contribution in [-0.4, -0.2) is 3.23 Å². The summed E-state index contributed by atoms with van der Waals surface area (Å²) in [5.74, 6) is 1.73. The highest BCUT2D eigenvalue weighted by atomic mass is 79.9. The van der Waals surface area contributed by atoms with Crippen LogP contribution in [0.2, 0.25) is 0 Å². The molecule has 9 heavy (non-hydrogen) atoms. The fourth-order valence-electron chi connectivity index (χ4n) is 1.14. The van der Waals surface area contributed by atoms with E-state index in [2.05, 4.69) is 45.7 Å². The van der Waals surface area contributed by atoms with Crippen molar-refractivity contribution in [1.29, 1.82) is 0 Å². The zero-order chi connectivity index (χ0) is 7.07. The Morgan fingerprint density at radius 3 is 2.22 bits per heavy atom. The minimum Gasteiger partial charge on any atom is -0.0724 e. The van der Waals surface area contributed by atoms with Gasteiger partial charge in [0.2, 0.25) is 0 Å². The van der Waals surface area contributed by atoms with Crippen LogP contribution in [-0.2, 0) is 0 Å². The van der Waals surface area contributed by atoms with Crippen LogP contribution in [0, 0.1) is 11.8 Å². The molecule has 0 saturated heterocycles. The zero-order valence-electron chi connectivity index (χ0n) is 5.82. The third-order valence-corrected chi connectivity index (χ3v) is 4.03.